The molecule has 2 unspecified atom stereocenters. The lowest BCUT2D eigenvalue weighted by molar-refractivity contribution is -0.162. The highest BCUT2D eigenvalue weighted by Crippen LogP contribution is 2.22. The second-order valence-corrected chi connectivity index (χ2v) is 12.4. The Balaban J connectivity index is 4.78. The number of carbonyl (C=O) groups is 2. The van der Waals surface area contributed by atoms with E-state index in [0.29, 0.717) is 6.42 Å². The zero-order chi connectivity index (χ0) is 29.7. The van der Waals surface area contributed by atoms with Crippen LogP contribution in [0.2, 0.25) is 0 Å². The van der Waals surface area contributed by atoms with Crippen LogP contribution in [0.4, 0.5) is 0 Å². The molecule has 40 heavy (non-hydrogen) atoms. The molecule has 5 heteroatoms. The van der Waals surface area contributed by atoms with E-state index >= 15 is 0 Å². The highest BCUT2D eigenvalue weighted by Gasteiger charge is 2.22. The fraction of sp³-hybridized carbons (Fsp3) is 0.943. The quantitative estimate of drug-likeness (QED) is 0.0638. The van der Waals surface area contributed by atoms with Crippen molar-refractivity contribution >= 4 is 11.9 Å². The van der Waals surface area contributed by atoms with Gasteiger partial charge in [0.05, 0.1) is 5.92 Å². The van der Waals surface area contributed by atoms with Crippen LogP contribution in [0.3, 0.4) is 0 Å². The number of carbonyl (C=O) groups excluding carboxylic acids is 2. The minimum Gasteiger partial charge on any atom is -0.462 e. The first kappa shape index (κ1) is 38.9. The predicted octanol–water partition coefficient (Wildman–Crippen LogP) is 10.0. The zero-order valence-electron chi connectivity index (χ0n) is 27.6. The summed E-state index contributed by atoms with van der Waals surface area (Å²) in [5.74, 6) is -0.234. The molecular formula is C35H69NO4. The molecule has 0 saturated carbocycles. The summed E-state index contributed by atoms with van der Waals surface area (Å²) in [6.45, 7) is 7.96. The van der Waals surface area contributed by atoms with Gasteiger partial charge < -0.3 is 14.4 Å². The van der Waals surface area contributed by atoms with Gasteiger partial charge in [0.25, 0.3) is 0 Å². The molecule has 0 aliphatic carbocycles. The molecule has 0 aliphatic heterocycles. The van der Waals surface area contributed by atoms with Crippen molar-refractivity contribution in [1.29, 1.82) is 0 Å². The lowest BCUT2D eigenvalue weighted by Crippen LogP contribution is -2.28. The molecule has 2 atom stereocenters. The minimum atomic E-state index is -0.316. The molecule has 0 aromatic heterocycles. The second kappa shape index (κ2) is 29.4. The molecule has 0 radical (unpaired) electrons. The number of hydrogen-bond donors (Lipinski definition) is 0. The van der Waals surface area contributed by atoms with Crippen LogP contribution in [0.1, 0.15) is 175 Å². The second-order valence-electron chi connectivity index (χ2n) is 12.4. The molecule has 0 amide bonds. The van der Waals surface area contributed by atoms with Crippen LogP contribution in [0, 0.1) is 5.92 Å². The Bertz CT molecular complexity index is 566. The van der Waals surface area contributed by atoms with Crippen molar-refractivity contribution in [3.05, 3.63) is 0 Å². The number of rotatable bonds is 30. The lowest BCUT2D eigenvalue weighted by Gasteiger charge is -2.21. The van der Waals surface area contributed by atoms with Gasteiger partial charge in [-0.1, -0.05) is 130 Å². The first-order valence-electron chi connectivity index (χ1n) is 17.4. The third kappa shape index (κ3) is 25.8. The summed E-state index contributed by atoms with van der Waals surface area (Å²) < 4.78 is 11.7. The molecule has 0 spiro atoms. The molecule has 0 aromatic rings. The van der Waals surface area contributed by atoms with Crippen LogP contribution in [0.25, 0.3) is 0 Å². The number of nitrogens with zero attached hydrogens (tertiary/aromatic N) is 1. The van der Waals surface area contributed by atoms with Gasteiger partial charge in [-0.25, -0.2) is 0 Å². The minimum absolute atomic E-state index is 0.0186. The normalized spacial score (nSPS) is 12.9. The standard InChI is InChI=1S/C35H69NO4/c1-6-9-12-15-16-19-22-27-32(26-21-17-13-10-7-2)35(38)39-31-33(28-23-18-14-11-8-3)40-34(37)29-24-20-25-30-36(4)5/h32-33H,6-31H2,1-5H3. The van der Waals surface area contributed by atoms with E-state index in [0.717, 1.165) is 70.8 Å². The molecule has 0 fully saturated rings. The summed E-state index contributed by atoms with van der Waals surface area (Å²) in [5, 5.41) is 0. The average Bonchev–Trinajstić information content (AvgIpc) is 2.93. The van der Waals surface area contributed by atoms with E-state index < -0.39 is 0 Å². The van der Waals surface area contributed by atoms with E-state index in [1.807, 2.05) is 0 Å². The van der Waals surface area contributed by atoms with Gasteiger partial charge >= 0.3 is 11.9 Å². The van der Waals surface area contributed by atoms with Crippen molar-refractivity contribution in [3.8, 4) is 0 Å². The van der Waals surface area contributed by atoms with Crippen LogP contribution in [0.5, 0.6) is 0 Å². The molecule has 0 N–H and O–H groups in total. The van der Waals surface area contributed by atoms with Gasteiger partial charge in [0, 0.05) is 6.42 Å². The topological polar surface area (TPSA) is 55.8 Å². The van der Waals surface area contributed by atoms with Crippen LogP contribution < -0.4 is 0 Å². The maximum atomic E-state index is 13.2. The predicted molar refractivity (Wildman–Crippen MR) is 171 cm³/mol. The number of unbranched alkanes of at least 4 members (excludes halogenated alkanes) is 16. The molecule has 5 nitrogen and oxygen atoms in total. The summed E-state index contributed by atoms with van der Waals surface area (Å²) in [5.41, 5.74) is 0. The first-order chi connectivity index (χ1) is 19.4. The molecule has 0 aromatic carbocycles. The Morgan fingerprint density at radius 1 is 0.575 bits per heavy atom. The first-order valence-corrected chi connectivity index (χ1v) is 17.4. The Hall–Kier alpha value is -1.10. The third-order valence-electron chi connectivity index (χ3n) is 7.97. The van der Waals surface area contributed by atoms with Gasteiger partial charge in [-0.2, -0.15) is 0 Å². The van der Waals surface area contributed by atoms with Crippen molar-refractivity contribution in [2.24, 2.45) is 5.92 Å². The number of ether oxygens (including phenoxy) is 2. The molecule has 0 heterocycles. The highest BCUT2D eigenvalue weighted by molar-refractivity contribution is 5.72. The maximum Gasteiger partial charge on any atom is 0.309 e. The van der Waals surface area contributed by atoms with Crippen molar-refractivity contribution in [2.75, 3.05) is 27.2 Å². The molecular weight excluding hydrogens is 498 g/mol. The number of esters is 2. The van der Waals surface area contributed by atoms with Crippen LogP contribution in [0.15, 0.2) is 0 Å². The average molecular weight is 568 g/mol. The smallest absolute Gasteiger partial charge is 0.309 e. The fourth-order valence-electron chi connectivity index (χ4n) is 5.29. The van der Waals surface area contributed by atoms with Crippen molar-refractivity contribution in [2.45, 2.75) is 181 Å². The summed E-state index contributed by atoms with van der Waals surface area (Å²) in [4.78, 5) is 28.0. The molecule has 0 aliphatic rings. The van der Waals surface area contributed by atoms with Crippen molar-refractivity contribution in [3.63, 3.8) is 0 Å². The van der Waals surface area contributed by atoms with Gasteiger partial charge in [-0.3, -0.25) is 9.59 Å². The zero-order valence-corrected chi connectivity index (χ0v) is 27.6. The third-order valence-corrected chi connectivity index (χ3v) is 7.97. The van der Waals surface area contributed by atoms with Crippen molar-refractivity contribution in [1.82, 2.24) is 4.90 Å². The summed E-state index contributed by atoms with van der Waals surface area (Å²) in [6, 6.07) is 0. The maximum absolute atomic E-state index is 13.2. The van der Waals surface area contributed by atoms with E-state index in [4.69, 9.17) is 9.47 Å². The van der Waals surface area contributed by atoms with Gasteiger partial charge in [-0.15, -0.1) is 0 Å². The van der Waals surface area contributed by atoms with Crippen LogP contribution >= 0.6 is 0 Å². The lowest BCUT2D eigenvalue weighted by atomic mass is 9.94. The van der Waals surface area contributed by atoms with E-state index in [1.54, 1.807) is 0 Å². The van der Waals surface area contributed by atoms with E-state index in [9.17, 15) is 9.59 Å². The largest absolute Gasteiger partial charge is 0.462 e. The Kier molecular flexibility index (Phi) is 28.6. The molecule has 0 bridgehead atoms. The molecule has 238 valence electrons. The molecule has 0 saturated heterocycles. The van der Waals surface area contributed by atoms with E-state index in [1.165, 1.54) is 83.5 Å². The highest BCUT2D eigenvalue weighted by atomic mass is 16.6. The summed E-state index contributed by atoms with van der Waals surface area (Å²) in [6.07, 6.45) is 26.4. The summed E-state index contributed by atoms with van der Waals surface area (Å²) >= 11 is 0. The van der Waals surface area contributed by atoms with Gasteiger partial charge in [0.15, 0.2) is 0 Å². The number of hydrogen-bond acceptors (Lipinski definition) is 5. The Morgan fingerprint density at radius 3 is 1.52 bits per heavy atom. The Morgan fingerprint density at radius 2 is 1.02 bits per heavy atom. The van der Waals surface area contributed by atoms with Gasteiger partial charge in [0.1, 0.15) is 12.7 Å². The van der Waals surface area contributed by atoms with Crippen LogP contribution in [-0.4, -0.2) is 50.2 Å². The van der Waals surface area contributed by atoms with E-state index in [-0.39, 0.29) is 30.6 Å². The van der Waals surface area contributed by atoms with Crippen molar-refractivity contribution < 1.29 is 19.1 Å². The van der Waals surface area contributed by atoms with Crippen LogP contribution in [-0.2, 0) is 19.1 Å². The summed E-state index contributed by atoms with van der Waals surface area (Å²) in [7, 11) is 4.15. The molecule has 0 rings (SSSR count). The SMILES string of the molecule is CCCCCCCCCC(CCCCCCC)C(=O)OCC(CCCCCCC)OC(=O)CCCCCN(C)C. The van der Waals surface area contributed by atoms with Gasteiger partial charge in [0.2, 0.25) is 0 Å². The van der Waals surface area contributed by atoms with Gasteiger partial charge in [-0.05, 0) is 59.2 Å². The monoisotopic (exact) mass is 568 g/mol. The fourth-order valence-corrected chi connectivity index (χ4v) is 5.29. The van der Waals surface area contributed by atoms with E-state index in [2.05, 4.69) is 39.8 Å². The Labute approximate surface area is 249 Å².